The fraction of sp³-hybridized carbons (Fsp3) is 0.480. The van der Waals surface area contributed by atoms with Crippen molar-refractivity contribution in [1.29, 1.82) is 0 Å². The topological polar surface area (TPSA) is 48.5 Å². The van der Waals surface area contributed by atoms with Crippen LogP contribution >= 0.6 is 0 Å². The number of hydrogen-bond donors (Lipinski definition) is 2. The number of fused-ring (bicyclic) bond motifs is 1. The van der Waals surface area contributed by atoms with Gasteiger partial charge in [0.25, 0.3) is 0 Å². The smallest absolute Gasteiger partial charge is 0.356 e. The molecule has 0 atom stereocenters. The van der Waals surface area contributed by atoms with E-state index in [-0.39, 0.29) is 5.41 Å². The first-order valence-corrected chi connectivity index (χ1v) is 11.2. The maximum Gasteiger partial charge on any atom is 0.356 e. The summed E-state index contributed by atoms with van der Waals surface area (Å²) in [5.74, 6) is 1.70. The molecule has 0 saturated heterocycles. The Morgan fingerprint density at radius 1 is 1.00 bits per heavy atom. The molecule has 3 aromatic rings. The molecule has 3 rings (SSSR count). The van der Waals surface area contributed by atoms with Gasteiger partial charge in [0.2, 0.25) is 0 Å². The van der Waals surface area contributed by atoms with Crippen LogP contribution in [0.1, 0.15) is 40.2 Å². The first kappa shape index (κ1) is 22.2. The largest absolute Gasteiger partial charge is 0.490 e. The SMILES string of the molecule is CC[NH+](CC)CC[n+]1c(N)n(CCOc2ccc(C(C)(C)C)cc2)c2ccccc21. The standard InChI is InChI=1S/C25H36N4O/c1-6-27(7-2)16-17-28-22-10-8-9-11-23(22)29(24(28)26)18-19-30-21-14-12-20(13-15-21)25(3,4)5/h8-15,26H,6-7,16-19H2,1-5H3/p+2. The molecule has 1 aromatic heterocycles. The van der Waals surface area contributed by atoms with Crippen LogP contribution in [0, 0.1) is 0 Å². The maximum absolute atomic E-state index is 6.59. The highest BCUT2D eigenvalue weighted by atomic mass is 16.5. The van der Waals surface area contributed by atoms with E-state index in [0.29, 0.717) is 6.61 Å². The lowest BCUT2D eigenvalue weighted by Gasteiger charge is -2.19. The molecule has 3 N–H and O–H groups in total. The van der Waals surface area contributed by atoms with Crippen molar-refractivity contribution >= 4 is 17.0 Å². The Balaban J connectivity index is 1.72. The highest BCUT2D eigenvalue weighted by molar-refractivity contribution is 5.73. The van der Waals surface area contributed by atoms with E-state index in [4.69, 9.17) is 10.5 Å². The van der Waals surface area contributed by atoms with Gasteiger partial charge in [-0.2, -0.15) is 0 Å². The fourth-order valence-corrected chi connectivity index (χ4v) is 3.96. The molecule has 0 fully saturated rings. The summed E-state index contributed by atoms with van der Waals surface area (Å²) in [6.07, 6.45) is 0. The van der Waals surface area contributed by atoms with Crippen molar-refractivity contribution in [2.75, 3.05) is 32.0 Å². The highest BCUT2D eigenvalue weighted by Gasteiger charge is 2.21. The Hall–Kier alpha value is -2.53. The van der Waals surface area contributed by atoms with Gasteiger partial charge in [0.1, 0.15) is 43.0 Å². The predicted octanol–water partition coefficient (Wildman–Crippen LogP) is 2.81. The van der Waals surface area contributed by atoms with E-state index in [9.17, 15) is 0 Å². The summed E-state index contributed by atoms with van der Waals surface area (Å²) in [5, 5.41) is 0. The second-order valence-electron chi connectivity index (χ2n) is 8.98. The zero-order valence-electron chi connectivity index (χ0n) is 19.2. The third kappa shape index (κ3) is 4.96. The number of benzene rings is 2. The number of ether oxygens (including phenoxy) is 1. The zero-order valence-corrected chi connectivity index (χ0v) is 19.2. The highest BCUT2D eigenvalue weighted by Crippen LogP contribution is 2.24. The van der Waals surface area contributed by atoms with Crippen molar-refractivity contribution in [1.82, 2.24) is 4.57 Å². The normalized spacial score (nSPS) is 12.1. The monoisotopic (exact) mass is 410 g/mol. The summed E-state index contributed by atoms with van der Waals surface area (Å²) >= 11 is 0. The van der Waals surface area contributed by atoms with Gasteiger partial charge >= 0.3 is 5.95 Å². The molecule has 5 heteroatoms. The number of imidazole rings is 1. The van der Waals surface area contributed by atoms with Crippen LogP contribution in [-0.4, -0.2) is 30.8 Å². The van der Waals surface area contributed by atoms with E-state index in [2.05, 4.69) is 92.3 Å². The van der Waals surface area contributed by atoms with Crippen molar-refractivity contribution in [3.8, 4) is 5.75 Å². The van der Waals surface area contributed by atoms with Crippen molar-refractivity contribution in [2.24, 2.45) is 0 Å². The minimum absolute atomic E-state index is 0.150. The van der Waals surface area contributed by atoms with Crippen LogP contribution in [0.4, 0.5) is 5.95 Å². The minimum atomic E-state index is 0.150. The van der Waals surface area contributed by atoms with Gasteiger partial charge in [-0.3, -0.25) is 5.73 Å². The molecule has 162 valence electrons. The van der Waals surface area contributed by atoms with Gasteiger partial charge < -0.3 is 9.64 Å². The Morgan fingerprint density at radius 3 is 2.30 bits per heavy atom. The third-order valence-electron chi connectivity index (χ3n) is 6.01. The van der Waals surface area contributed by atoms with Crippen molar-refractivity contribution in [3.05, 3.63) is 54.1 Å². The van der Waals surface area contributed by atoms with Crippen molar-refractivity contribution < 1.29 is 14.2 Å². The Kier molecular flexibility index (Phi) is 7.03. The van der Waals surface area contributed by atoms with E-state index in [0.717, 1.165) is 49.9 Å². The molecule has 0 unspecified atom stereocenters. The number of aromatic nitrogens is 2. The second kappa shape index (κ2) is 9.52. The van der Waals surface area contributed by atoms with E-state index >= 15 is 0 Å². The second-order valence-corrected chi connectivity index (χ2v) is 8.98. The summed E-state index contributed by atoms with van der Waals surface area (Å²) in [4.78, 5) is 1.58. The first-order valence-electron chi connectivity index (χ1n) is 11.2. The molecule has 0 amide bonds. The number of likely N-dealkylation sites (N-methyl/N-ethyl adjacent to an activating group) is 1. The van der Waals surface area contributed by atoms with Gasteiger partial charge in [0.05, 0.1) is 13.1 Å². The summed E-state index contributed by atoms with van der Waals surface area (Å²) in [7, 11) is 0. The quantitative estimate of drug-likeness (QED) is 0.533. The summed E-state index contributed by atoms with van der Waals surface area (Å²) in [6, 6.07) is 16.9. The van der Waals surface area contributed by atoms with Gasteiger partial charge in [0, 0.05) is 0 Å². The first-order chi connectivity index (χ1) is 14.3. The fourth-order valence-electron chi connectivity index (χ4n) is 3.96. The average molecular weight is 411 g/mol. The Labute approximate surface area is 181 Å². The number of para-hydroxylation sites is 2. The van der Waals surface area contributed by atoms with Crippen molar-refractivity contribution in [3.63, 3.8) is 0 Å². The van der Waals surface area contributed by atoms with Crippen LogP contribution in [-0.2, 0) is 18.5 Å². The number of quaternary nitrogens is 1. The number of hydrogen-bond acceptors (Lipinski definition) is 2. The number of rotatable bonds is 9. The molecule has 5 nitrogen and oxygen atoms in total. The van der Waals surface area contributed by atoms with E-state index in [1.807, 2.05) is 0 Å². The molecule has 0 aliphatic carbocycles. The van der Waals surface area contributed by atoms with Crippen LogP contribution in [0.2, 0.25) is 0 Å². The van der Waals surface area contributed by atoms with Crippen LogP contribution < -0.4 is 19.9 Å². The number of nitrogens with two attached hydrogens (primary N) is 1. The summed E-state index contributed by atoms with van der Waals surface area (Å²) < 4.78 is 10.5. The molecule has 0 radical (unpaired) electrons. The number of nitrogens with one attached hydrogen (secondary N) is 1. The summed E-state index contributed by atoms with van der Waals surface area (Å²) in [6.45, 7) is 16.7. The van der Waals surface area contributed by atoms with Gasteiger partial charge in [-0.15, -0.1) is 0 Å². The molecule has 0 spiro atoms. The minimum Gasteiger partial charge on any atom is -0.490 e. The number of nitrogens with zero attached hydrogens (tertiary/aromatic N) is 2. The summed E-state index contributed by atoms with van der Waals surface area (Å²) in [5.41, 5.74) is 10.4. The van der Waals surface area contributed by atoms with Crippen LogP contribution in [0.15, 0.2) is 48.5 Å². The molecule has 0 aliphatic heterocycles. The molecule has 2 aromatic carbocycles. The van der Waals surface area contributed by atoms with Crippen LogP contribution in [0.3, 0.4) is 0 Å². The number of nitrogen functional groups attached to an aromatic ring is 1. The third-order valence-corrected chi connectivity index (χ3v) is 6.01. The van der Waals surface area contributed by atoms with E-state index in [1.165, 1.54) is 11.1 Å². The molecule has 1 heterocycles. The van der Waals surface area contributed by atoms with Crippen molar-refractivity contribution in [2.45, 2.75) is 53.1 Å². The van der Waals surface area contributed by atoms with Gasteiger partial charge in [-0.25, -0.2) is 9.13 Å². The van der Waals surface area contributed by atoms with E-state index < -0.39 is 0 Å². The Bertz CT molecular complexity index is 950. The molecular formula is C25H38N4O+2. The van der Waals surface area contributed by atoms with Crippen LogP contribution in [0.5, 0.6) is 5.75 Å². The lowest BCUT2D eigenvalue weighted by Crippen LogP contribution is -3.12. The van der Waals surface area contributed by atoms with Crippen LogP contribution in [0.25, 0.3) is 11.0 Å². The lowest BCUT2D eigenvalue weighted by molar-refractivity contribution is -0.913. The zero-order chi connectivity index (χ0) is 21.7. The van der Waals surface area contributed by atoms with Gasteiger partial charge in [-0.05, 0) is 49.1 Å². The van der Waals surface area contributed by atoms with Gasteiger partial charge in [0.15, 0.2) is 0 Å². The molecule has 0 saturated carbocycles. The Morgan fingerprint density at radius 2 is 1.67 bits per heavy atom. The number of anilines is 1. The maximum atomic E-state index is 6.59. The molecule has 0 aliphatic rings. The van der Waals surface area contributed by atoms with Gasteiger partial charge in [-0.1, -0.05) is 45.0 Å². The molecule has 0 bridgehead atoms. The van der Waals surface area contributed by atoms with E-state index in [1.54, 1.807) is 4.90 Å². The molecule has 30 heavy (non-hydrogen) atoms. The predicted molar refractivity (Wildman–Crippen MR) is 124 cm³/mol. The molecular weight excluding hydrogens is 372 g/mol. The average Bonchev–Trinajstić information content (AvgIpc) is 3.00. The lowest BCUT2D eigenvalue weighted by atomic mass is 9.87.